The molecule has 2 N–H and O–H groups in total. The van der Waals surface area contributed by atoms with Crippen molar-refractivity contribution in [2.45, 2.75) is 45.3 Å². The fourth-order valence-corrected chi connectivity index (χ4v) is 4.45. The molecule has 1 saturated heterocycles. The smallest absolute Gasteiger partial charge is 0.255 e. The molecule has 1 fully saturated rings. The van der Waals surface area contributed by atoms with Crippen LogP contribution in [0.25, 0.3) is 0 Å². The number of carbonyl (C=O) groups excluding carboxylic acids is 2. The van der Waals surface area contributed by atoms with Gasteiger partial charge in [-0.1, -0.05) is 13.8 Å². The molecule has 0 spiro atoms. The highest BCUT2D eigenvalue weighted by Crippen LogP contribution is 2.22. The molecule has 146 valence electrons. The number of halogens is 2. The summed E-state index contributed by atoms with van der Waals surface area (Å²) in [5.41, 5.74) is 0. The summed E-state index contributed by atoms with van der Waals surface area (Å²) in [4.78, 5) is 25.3. The molecule has 0 radical (unpaired) electrons. The van der Waals surface area contributed by atoms with Gasteiger partial charge in [0.1, 0.15) is 0 Å². The monoisotopic (exact) mass is 448 g/mol. The molecule has 1 aliphatic heterocycles. The number of hydrogen-bond acceptors (Lipinski definition) is 4. The maximum atomic E-state index is 14.2. The second kappa shape index (κ2) is 10.4. The van der Waals surface area contributed by atoms with E-state index in [0.29, 0.717) is 31.8 Å². The lowest BCUT2D eigenvalue weighted by Gasteiger charge is -2.22. The van der Waals surface area contributed by atoms with E-state index in [1.54, 1.807) is 0 Å². The average Bonchev–Trinajstić information content (AvgIpc) is 3.22. The van der Waals surface area contributed by atoms with Gasteiger partial charge in [-0.15, -0.1) is 11.3 Å². The van der Waals surface area contributed by atoms with E-state index < -0.39 is 12.1 Å². The van der Waals surface area contributed by atoms with Crippen LogP contribution in [0.1, 0.15) is 31.6 Å². The van der Waals surface area contributed by atoms with E-state index in [9.17, 15) is 14.0 Å². The zero-order chi connectivity index (χ0) is 19.1. The van der Waals surface area contributed by atoms with Crippen LogP contribution >= 0.6 is 27.3 Å². The molecule has 1 aliphatic rings. The zero-order valence-corrected chi connectivity index (χ0v) is 17.5. The Kier molecular flexibility index (Phi) is 8.50. The summed E-state index contributed by atoms with van der Waals surface area (Å²) >= 11 is 4.90. The van der Waals surface area contributed by atoms with Crippen molar-refractivity contribution in [3.8, 4) is 0 Å². The standard InChI is InChI=1S/C18H26BrFN2O3S/c1-11(2)7-13(22-16(23)8-14-3-4-15(19)26-14)9-21-18(24)17(20)12-5-6-25-10-12/h3-4,11-13,17H,5-10H2,1-2H3,(H,21,24)(H,22,23). The summed E-state index contributed by atoms with van der Waals surface area (Å²) in [6, 6.07) is 3.60. The van der Waals surface area contributed by atoms with Crippen molar-refractivity contribution in [3.63, 3.8) is 0 Å². The minimum Gasteiger partial charge on any atom is -0.381 e. The number of rotatable bonds is 9. The molecule has 0 saturated carbocycles. The molecule has 3 unspecified atom stereocenters. The third-order valence-electron chi connectivity index (χ3n) is 4.24. The second-order valence-electron chi connectivity index (χ2n) is 7.05. The topological polar surface area (TPSA) is 67.4 Å². The largest absolute Gasteiger partial charge is 0.381 e. The van der Waals surface area contributed by atoms with Crippen molar-refractivity contribution in [1.29, 1.82) is 0 Å². The second-order valence-corrected chi connectivity index (χ2v) is 9.59. The number of hydrogen-bond donors (Lipinski definition) is 2. The van der Waals surface area contributed by atoms with Gasteiger partial charge in [0.25, 0.3) is 5.91 Å². The minimum atomic E-state index is -1.56. The molecule has 0 bridgehead atoms. The first-order chi connectivity index (χ1) is 12.3. The molecule has 2 amide bonds. The van der Waals surface area contributed by atoms with Crippen LogP contribution in [-0.4, -0.2) is 43.8 Å². The molecule has 2 heterocycles. The summed E-state index contributed by atoms with van der Waals surface area (Å²) < 4.78 is 20.3. The van der Waals surface area contributed by atoms with E-state index in [1.165, 1.54) is 11.3 Å². The summed E-state index contributed by atoms with van der Waals surface area (Å²) in [6.45, 7) is 5.11. The maximum absolute atomic E-state index is 14.2. The van der Waals surface area contributed by atoms with Gasteiger partial charge < -0.3 is 15.4 Å². The van der Waals surface area contributed by atoms with Gasteiger partial charge in [0.2, 0.25) is 5.91 Å². The van der Waals surface area contributed by atoms with Crippen molar-refractivity contribution >= 4 is 39.1 Å². The van der Waals surface area contributed by atoms with Crippen LogP contribution < -0.4 is 10.6 Å². The molecule has 0 aromatic carbocycles. The highest BCUT2D eigenvalue weighted by Gasteiger charge is 2.31. The van der Waals surface area contributed by atoms with Gasteiger partial charge in [-0.05, 0) is 46.8 Å². The summed E-state index contributed by atoms with van der Waals surface area (Å²) in [7, 11) is 0. The van der Waals surface area contributed by atoms with Crippen molar-refractivity contribution in [1.82, 2.24) is 10.6 Å². The molecular weight excluding hydrogens is 423 g/mol. The predicted molar refractivity (Wildman–Crippen MR) is 104 cm³/mol. The molecule has 1 aromatic rings. The Morgan fingerprint density at radius 2 is 2.19 bits per heavy atom. The Balaban J connectivity index is 1.83. The summed E-state index contributed by atoms with van der Waals surface area (Å²) in [5, 5.41) is 5.61. The molecule has 26 heavy (non-hydrogen) atoms. The summed E-state index contributed by atoms with van der Waals surface area (Å²) in [5.74, 6) is -0.742. The first-order valence-corrected chi connectivity index (χ1v) is 10.5. The number of thiophene rings is 1. The zero-order valence-electron chi connectivity index (χ0n) is 15.1. The van der Waals surface area contributed by atoms with E-state index >= 15 is 0 Å². The van der Waals surface area contributed by atoms with E-state index in [2.05, 4.69) is 26.6 Å². The van der Waals surface area contributed by atoms with Crippen LogP contribution in [0, 0.1) is 11.8 Å². The number of amides is 2. The van der Waals surface area contributed by atoms with Crippen molar-refractivity contribution < 1.29 is 18.7 Å². The van der Waals surface area contributed by atoms with E-state index in [1.807, 2.05) is 26.0 Å². The third-order valence-corrected chi connectivity index (χ3v) is 5.86. The van der Waals surface area contributed by atoms with Crippen LogP contribution in [0.2, 0.25) is 0 Å². The van der Waals surface area contributed by atoms with Gasteiger partial charge in [-0.25, -0.2) is 4.39 Å². The van der Waals surface area contributed by atoms with Crippen molar-refractivity contribution in [2.24, 2.45) is 11.8 Å². The van der Waals surface area contributed by atoms with Crippen LogP contribution in [0.5, 0.6) is 0 Å². The first-order valence-electron chi connectivity index (χ1n) is 8.88. The molecule has 0 aliphatic carbocycles. The van der Waals surface area contributed by atoms with Crippen molar-refractivity contribution in [2.75, 3.05) is 19.8 Å². The highest BCUT2D eigenvalue weighted by molar-refractivity contribution is 9.11. The van der Waals surface area contributed by atoms with Gasteiger partial charge in [0, 0.05) is 30.0 Å². The number of carbonyl (C=O) groups is 2. The first kappa shape index (κ1) is 21.3. The fraction of sp³-hybridized carbons (Fsp3) is 0.667. The van der Waals surface area contributed by atoms with E-state index in [-0.39, 0.29) is 31.0 Å². The van der Waals surface area contributed by atoms with Gasteiger partial charge in [0.05, 0.1) is 16.8 Å². The van der Waals surface area contributed by atoms with E-state index in [0.717, 1.165) is 8.66 Å². The Labute approximate surface area is 166 Å². The molecule has 2 rings (SSSR count). The Bertz CT molecular complexity index is 605. The predicted octanol–water partition coefficient (Wildman–Crippen LogP) is 3.07. The molecule has 3 atom stereocenters. The molecule has 8 heteroatoms. The van der Waals surface area contributed by atoms with Gasteiger partial charge >= 0.3 is 0 Å². The Hall–Kier alpha value is -0.990. The van der Waals surface area contributed by atoms with Gasteiger partial charge in [-0.2, -0.15) is 0 Å². The number of nitrogens with one attached hydrogen (secondary N) is 2. The maximum Gasteiger partial charge on any atom is 0.255 e. The quantitative estimate of drug-likeness (QED) is 0.609. The van der Waals surface area contributed by atoms with Crippen LogP contribution in [0.15, 0.2) is 15.9 Å². The molecule has 1 aromatic heterocycles. The molecular formula is C18H26BrFN2O3S. The van der Waals surface area contributed by atoms with Crippen LogP contribution in [-0.2, 0) is 20.7 Å². The Morgan fingerprint density at radius 1 is 1.42 bits per heavy atom. The number of ether oxygens (including phenoxy) is 1. The van der Waals surface area contributed by atoms with Gasteiger partial charge in [0.15, 0.2) is 6.17 Å². The Morgan fingerprint density at radius 3 is 2.77 bits per heavy atom. The fourth-order valence-electron chi connectivity index (χ4n) is 2.96. The number of alkyl halides is 1. The average molecular weight is 449 g/mol. The third kappa shape index (κ3) is 6.96. The van der Waals surface area contributed by atoms with Gasteiger partial charge in [-0.3, -0.25) is 9.59 Å². The molecule has 5 nitrogen and oxygen atoms in total. The minimum absolute atomic E-state index is 0.0970. The van der Waals surface area contributed by atoms with Crippen LogP contribution in [0.4, 0.5) is 4.39 Å². The normalized spacial score (nSPS) is 19.3. The van der Waals surface area contributed by atoms with Crippen molar-refractivity contribution in [3.05, 3.63) is 20.8 Å². The lowest BCUT2D eigenvalue weighted by molar-refractivity contribution is -0.128. The van der Waals surface area contributed by atoms with Crippen LogP contribution in [0.3, 0.4) is 0 Å². The SMILES string of the molecule is CC(C)CC(CNC(=O)C(F)C1CCOC1)NC(=O)Cc1ccc(Br)s1. The lowest BCUT2D eigenvalue weighted by Crippen LogP contribution is -2.47. The van der Waals surface area contributed by atoms with E-state index in [4.69, 9.17) is 4.74 Å². The highest BCUT2D eigenvalue weighted by atomic mass is 79.9. The lowest BCUT2D eigenvalue weighted by atomic mass is 10.0. The summed E-state index contributed by atoms with van der Waals surface area (Å²) in [6.07, 6.45) is 0.0152.